The quantitative estimate of drug-likeness (QED) is 0.803. The van der Waals surface area contributed by atoms with Crippen molar-refractivity contribution in [2.75, 3.05) is 37.6 Å². The second kappa shape index (κ2) is 7.76. The van der Waals surface area contributed by atoms with Crippen molar-refractivity contribution in [3.05, 3.63) is 35.7 Å². The van der Waals surface area contributed by atoms with E-state index in [-0.39, 0.29) is 24.8 Å². The Morgan fingerprint density at radius 1 is 1.29 bits per heavy atom. The zero-order valence-corrected chi connectivity index (χ0v) is 15.4. The highest BCUT2D eigenvalue weighted by atomic mass is 16.4. The minimum absolute atomic E-state index is 0.0103. The van der Waals surface area contributed by atoms with Crippen molar-refractivity contribution in [3.63, 3.8) is 0 Å². The van der Waals surface area contributed by atoms with Crippen LogP contribution in [0.25, 0.3) is 0 Å². The van der Waals surface area contributed by atoms with Gasteiger partial charge in [0.05, 0.1) is 11.8 Å². The summed E-state index contributed by atoms with van der Waals surface area (Å²) < 4.78 is 10.7. The Morgan fingerprint density at radius 3 is 2.71 bits per heavy atom. The zero-order valence-electron chi connectivity index (χ0n) is 15.4. The molecule has 0 atom stereocenters. The third kappa shape index (κ3) is 3.86. The standard InChI is InChI=1S/C19H21N5O4/c20-11-15-19(28-18(22-15)13-1-2-13)24-8-6-23(7-9-24)16(25)3-5-21-17(26)14-4-10-27-12-14/h4,10,12-13H,1-3,5-9H2,(H,21,26). The van der Waals surface area contributed by atoms with Gasteiger partial charge in [0.15, 0.2) is 0 Å². The SMILES string of the molecule is N#Cc1nc(C2CC2)oc1N1CCN(C(=O)CCNC(=O)c2ccoc2)CC1. The molecule has 2 aliphatic rings. The molecule has 1 N–H and O–H groups in total. The molecule has 0 bridgehead atoms. The number of furan rings is 1. The number of carbonyl (C=O) groups excluding carboxylic acids is 2. The highest BCUT2D eigenvalue weighted by molar-refractivity contribution is 5.94. The van der Waals surface area contributed by atoms with Gasteiger partial charge in [-0.25, -0.2) is 4.98 Å². The van der Waals surface area contributed by atoms with Gasteiger partial charge in [-0.1, -0.05) is 0 Å². The Morgan fingerprint density at radius 2 is 2.07 bits per heavy atom. The van der Waals surface area contributed by atoms with Crippen molar-refractivity contribution in [2.24, 2.45) is 0 Å². The van der Waals surface area contributed by atoms with Crippen LogP contribution in [0.5, 0.6) is 0 Å². The molecule has 2 amide bonds. The number of oxazole rings is 1. The molecule has 4 rings (SSSR count). The summed E-state index contributed by atoms with van der Waals surface area (Å²) in [4.78, 5) is 32.3. The number of nitrogens with one attached hydrogen (secondary N) is 1. The Labute approximate surface area is 161 Å². The Bertz CT molecular complexity index is 886. The summed E-state index contributed by atoms with van der Waals surface area (Å²) in [5, 5.41) is 12.0. The minimum Gasteiger partial charge on any atom is -0.472 e. The van der Waals surface area contributed by atoms with E-state index in [1.165, 1.54) is 12.5 Å². The molecule has 0 spiro atoms. The van der Waals surface area contributed by atoms with Crippen LogP contribution in [-0.2, 0) is 4.79 Å². The fraction of sp³-hybridized carbons (Fsp3) is 0.474. The van der Waals surface area contributed by atoms with Gasteiger partial charge in [-0.3, -0.25) is 9.59 Å². The van der Waals surface area contributed by atoms with E-state index < -0.39 is 0 Å². The maximum atomic E-state index is 12.4. The Kier molecular flexibility index (Phi) is 5.02. The van der Waals surface area contributed by atoms with Gasteiger partial charge in [0.2, 0.25) is 23.4 Å². The van der Waals surface area contributed by atoms with Crippen molar-refractivity contribution in [1.29, 1.82) is 5.26 Å². The number of carbonyl (C=O) groups is 2. The van der Waals surface area contributed by atoms with Gasteiger partial charge in [-0.15, -0.1) is 0 Å². The molecule has 2 aromatic rings. The predicted molar refractivity (Wildman–Crippen MR) is 97.6 cm³/mol. The van der Waals surface area contributed by atoms with E-state index in [0.29, 0.717) is 55.1 Å². The van der Waals surface area contributed by atoms with Gasteiger partial charge in [-0.2, -0.15) is 5.26 Å². The summed E-state index contributed by atoms with van der Waals surface area (Å²) in [6.07, 6.45) is 5.15. The maximum Gasteiger partial charge on any atom is 0.254 e. The lowest BCUT2D eigenvalue weighted by atomic mass is 10.2. The van der Waals surface area contributed by atoms with Crippen molar-refractivity contribution in [2.45, 2.75) is 25.2 Å². The van der Waals surface area contributed by atoms with Gasteiger partial charge in [0.25, 0.3) is 5.91 Å². The van der Waals surface area contributed by atoms with Crippen LogP contribution >= 0.6 is 0 Å². The molecular weight excluding hydrogens is 362 g/mol. The lowest BCUT2D eigenvalue weighted by molar-refractivity contribution is -0.131. The highest BCUT2D eigenvalue weighted by Gasteiger charge is 2.32. The summed E-state index contributed by atoms with van der Waals surface area (Å²) in [6, 6.07) is 3.68. The highest BCUT2D eigenvalue weighted by Crippen LogP contribution is 2.41. The first-order chi connectivity index (χ1) is 13.7. The summed E-state index contributed by atoms with van der Waals surface area (Å²) in [5.74, 6) is 1.25. The third-order valence-corrected chi connectivity index (χ3v) is 4.99. The van der Waals surface area contributed by atoms with Crippen LogP contribution < -0.4 is 10.2 Å². The molecule has 1 saturated heterocycles. The second-order valence-electron chi connectivity index (χ2n) is 6.98. The van der Waals surface area contributed by atoms with E-state index in [2.05, 4.69) is 16.4 Å². The lowest BCUT2D eigenvalue weighted by Gasteiger charge is -2.34. The number of hydrogen-bond acceptors (Lipinski definition) is 7. The van der Waals surface area contributed by atoms with Gasteiger partial charge in [0.1, 0.15) is 12.3 Å². The van der Waals surface area contributed by atoms with Crippen LogP contribution in [0.2, 0.25) is 0 Å². The van der Waals surface area contributed by atoms with Gasteiger partial charge >= 0.3 is 0 Å². The van der Waals surface area contributed by atoms with Gasteiger partial charge in [0, 0.05) is 45.1 Å². The Balaban J connectivity index is 1.25. The molecule has 3 heterocycles. The molecule has 0 aromatic carbocycles. The molecule has 146 valence electrons. The van der Waals surface area contributed by atoms with Crippen LogP contribution in [-0.4, -0.2) is 54.4 Å². The molecule has 9 heteroatoms. The fourth-order valence-corrected chi connectivity index (χ4v) is 3.22. The normalized spacial score (nSPS) is 16.7. The second-order valence-corrected chi connectivity index (χ2v) is 6.98. The summed E-state index contributed by atoms with van der Waals surface area (Å²) in [7, 11) is 0. The first-order valence-electron chi connectivity index (χ1n) is 9.39. The molecule has 1 saturated carbocycles. The fourth-order valence-electron chi connectivity index (χ4n) is 3.22. The molecule has 2 fully saturated rings. The van der Waals surface area contributed by atoms with Crippen molar-refractivity contribution >= 4 is 17.7 Å². The van der Waals surface area contributed by atoms with E-state index in [1.54, 1.807) is 11.0 Å². The minimum atomic E-state index is -0.257. The first-order valence-corrected chi connectivity index (χ1v) is 9.39. The lowest BCUT2D eigenvalue weighted by Crippen LogP contribution is -2.49. The van der Waals surface area contributed by atoms with E-state index in [1.807, 2.05) is 4.90 Å². The molecule has 9 nitrogen and oxygen atoms in total. The van der Waals surface area contributed by atoms with E-state index in [9.17, 15) is 14.9 Å². The van der Waals surface area contributed by atoms with Crippen LogP contribution in [0, 0.1) is 11.3 Å². The molecule has 0 radical (unpaired) electrons. The van der Waals surface area contributed by atoms with Gasteiger partial charge < -0.3 is 24.0 Å². The number of amides is 2. The molecule has 2 aromatic heterocycles. The monoisotopic (exact) mass is 383 g/mol. The Hall–Kier alpha value is -3.28. The van der Waals surface area contributed by atoms with E-state index >= 15 is 0 Å². The van der Waals surface area contributed by atoms with Crippen molar-refractivity contribution in [3.8, 4) is 6.07 Å². The van der Waals surface area contributed by atoms with E-state index in [4.69, 9.17) is 8.83 Å². The van der Waals surface area contributed by atoms with E-state index in [0.717, 1.165) is 12.8 Å². The van der Waals surface area contributed by atoms with Crippen molar-refractivity contribution < 1.29 is 18.4 Å². The molecule has 1 aliphatic carbocycles. The largest absolute Gasteiger partial charge is 0.472 e. The number of piperazine rings is 1. The third-order valence-electron chi connectivity index (χ3n) is 4.99. The van der Waals surface area contributed by atoms with Crippen LogP contribution in [0.4, 0.5) is 5.88 Å². The average molecular weight is 383 g/mol. The smallest absolute Gasteiger partial charge is 0.254 e. The molecule has 1 aliphatic heterocycles. The van der Waals surface area contributed by atoms with Crippen LogP contribution in [0.1, 0.15) is 47.1 Å². The number of nitriles is 1. The predicted octanol–water partition coefficient (Wildman–Crippen LogP) is 1.49. The number of hydrogen-bond donors (Lipinski definition) is 1. The number of aromatic nitrogens is 1. The molecule has 0 unspecified atom stereocenters. The maximum absolute atomic E-state index is 12.4. The zero-order chi connectivity index (χ0) is 19.5. The summed E-state index contributed by atoms with van der Waals surface area (Å²) >= 11 is 0. The number of anilines is 1. The first kappa shape index (κ1) is 18.1. The average Bonchev–Trinajstić information content (AvgIpc) is 3.25. The molecular formula is C19H21N5O4. The number of nitrogens with zero attached hydrogens (tertiary/aromatic N) is 4. The molecule has 28 heavy (non-hydrogen) atoms. The summed E-state index contributed by atoms with van der Waals surface area (Å²) in [6.45, 7) is 2.52. The number of rotatable bonds is 6. The van der Waals surface area contributed by atoms with Crippen LogP contribution in [0.15, 0.2) is 27.4 Å². The summed E-state index contributed by atoms with van der Waals surface area (Å²) in [5.41, 5.74) is 0.760. The van der Waals surface area contributed by atoms with Crippen LogP contribution in [0.3, 0.4) is 0 Å². The topological polar surface area (TPSA) is 116 Å². The van der Waals surface area contributed by atoms with Gasteiger partial charge in [-0.05, 0) is 18.9 Å². The van der Waals surface area contributed by atoms with Crippen molar-refractivity contribution in [1.82, 2.24) is 15.2 Å².